The molecule has 1 aromatic carbocycles. The molecule has 0 radical (unpaired) electrons. The van der Waals surface area contributed by atoms with Crippen LogP contribution in [-0.2, 0) is 5.41 Å². The summed E-state index contributed by atoms with van der Waals surface area (Å²) in [6.07, 6.45) is 2.84. The van der Waals surface area contributed by atoms with Crippen LogP contribution in [0.1, 0.15) is 37.1 Å². The van der Waals surface area contributed by atoms with E-state index in [4.69, 9.17) is 19.7 Å². The Morgan fingerprint density at radius 3 is 2.76 bits per heavy atom. The molecule has 0 bridgehead atoms. The molecule has 110 valence electrons. The lowest BCUT2D eigenvalue weighted by Crippen LogP contribution is -2.41. The highest BCUT2D eigenvalue weighted by atomic mass is 16.6. The molecule has 2 aromatic rings. The Balaban J connectivity index is 1.57. The molecule has 1 atom stereocenters. The van der Waals surface area contributed by atoms with Gasteiger partial charge in [0.05, 0.1) is 5.41 Å². The van der Waals surface area contributed by atoms with Gasteiger partial charge in [-0.2, -0.15) is 4.98 Å². The number of fused-ring (bicyclic) bond motifs is 1. The monoisotopic (exact) mass is 287 g/mol. The molecule has 0 spiro atoms. The summed E-state index contributed by atoms with van der Waals surface area (Å²) in [5.74, 6) is 2.61. The van der Waals surface area contributed by atoms with E-state index >= 15 is 0 Å². The van der Waals surface area contributed by atoms with E-state index in [1.54, 1.807) is 0 Å². The average Bonchev–Trinajstić information content (AvgIpc) is 2.96. The second-order valence-corrected chi connectivity index (χ2v) is 5.66. The fourth-order valence-electron chi connectivity index (χ4n) is 2.84. The molecule has 1 aliphatic carbocycles. The van der Waals surface area contributed by atoms with Crippen molar-refractivity contribution in [1.82, 2.24) is 10.1 Å². The summed E-state index contributed by atoms with van der Waals surface area (Å²) in [4.78, 5) is 4.51. The molecule has 2 aliphatic rings. The number of nitrogens with two attached hydrogens (primary N) is 1. The summed E-state index contributed by atoms with van der Waals surface area (Å²) >= 11 is 0. The summed E-state index contributed by atoms with van der Waals surface area (Å²) in [7, 11) is 0. The van der Waals surface area contributed by atoms with Crippen molar-refractivity contribution < 1.29 is 14.0 Å². The third-order valence-corrected chi connectivity index (χ3v) is 4.39. The van der Waals surface area contributed by atoms with E-state index in [0.29, 0.717) is 30.6 Å². The molecule has 21 heavy (non-hydrogen) atoms. The van der Waals surface area contributed by atoms with Crippen molar-refractivity contribution in [2.24, 2.45) is 5.73 Å². The normalized spacial score (nSPS) is 22.6. The zero-order chi connectivity index (χ0) is 14.3. The first-order valence-corrected chi connectivity index (χ1v) is 7.23. The number of rotatable bonds is 3. The molecule has 2 N–H and O–H groups in total. The number of nitrogens with zero attached hydrogens (tertiary/aromatic N) is 2. The van der Waals surface area contributed by atoms with Gasteiger partial charge in [0.25, 0.3) is 0 Å². The molecule has 1 aliphatic heterocycles. The molecule has 0 saturated heterocycles. The van der Waals surface area contributed by atoms with E-state index < -0.39 is 0 Å². The van der Waals surface area contributed by atoms with Crippen molar-refractivity contribution in [1.29, 1.82) is 0 Å². The van der Waals surface area contributed by atoms with E-state index in [2.05, 4.69) is 10.1 Å². The lowest BCUT2D eigenvalue weighted by Gasteiger charge is -2.36. The third-order valence-electron chi connectivity index (χ3n) is 4.39. The molecule has 1 unspecified atom stereocenters. The first-order valence-electron chi connectivity index (χ1n) is 7.23. The average molecular weight is 287 g/mol. The Kier molecular flexibility index (Phi) is 2.85. The second kappa shape index (κ2) is 4.73. The van der Waals surface area contributed by atoms with Crippen LogP contribution in [0.3, 0.4) is 0 Å². The minimum Gasteiger partial charge on any atom is -0.485 e. The Morgan fingerprint density at radius 2 is 2.05 bits per heavy atom. The maximum atomic E-state index is 5.89. The lowest BCUT2D eigenvalue weighted by molar-refractivity contribution is 0.0831. The Hall–Kier alpha value is -2.08. The van der Waals surface area contributed by atoms with Crippen molar-refractivity contribution in [3.63, 3.8) is 0 Å². The topological polar surface area (TPSA) is 83.4 Å². The molecular formula is C15H17N3O3. The highest BCUT2D eigenvalue weighted by molar-refractivity contribution is 5.41. The van der Waals surface area contributed by atoms with Gasteiger partial charge in [-0.25, -0.2) is 0 Å². The fraction of sp³-hybridized carbons (Fsp3) is 0.467. The predicted octanol–water partition coefficient (Wildman–Crippen LogP) is 1.96. The predicted molar refractivity (Wildman–Crippen MR) is 74.2 cm³/mol. The first-order chi connectivity index (χ1) is 10.3. The molecule has 0 amide bonds. The van der Waals surface area contributed by atoms with Crippen molar-refractivity contribution in [2.75, 3.05) is 13.2 Å². The van der Waals surface area contributed by atoms with E-state index in [9.17, 15) is 0 Å². The maximum Gasteiger partial charge on any atom is 0.234 e. The van der Waals surface area contributed by atoms with Crippen LogP contribution in [0, 0.1) is 0 Å². The minimum atomic E-state index is -0.340. The number of para-hydroxylation sites is 2. The van der Waals surface area contributed by atoms with Crippen molar-refractivity contribution in [3.8, 4) is 11.5 Å². The summed E-state index contributed by atoms with van der Waals surface area (Å²) in [6, 6.07) is 7.57. The molecule has 6 nitrogen and oxygen atoms in total. The first kappa shape index (κ1) is 12.6. The number of hydrogen-bond donors (Lipinski definition) is 1. The fourth-order valence-corrected chi connectivity index (χ4v) is 2.84. The van der Waals surface area contributed by atoms with Crippen molar-refractivity contribution in [2.45, 2.75) is 30.8 Å². The molecule has 2 heterocycles. The number of hydrogen-bond acceptors (Lipinski definition) is 6. The Morgan fingerprint density at radius 1 is 1.24 bits per heavy atom. The molecular weight excluding hydrogens is 270 g/mol. The van der Waals surface area contributed by atoms with Gasteiger partial charge in [0.2, 0.25) is 11.7 Å². The molecule has 1 fully saturated rings. The maximum absolute atomic E-state index is 5.89. The van der Waals surface area contributed by atoms with Crippen LogP contribution >= 0.6 is 0 Å². The van der Waals surface area contributed by atoms with Crippen LogP contribution in [0.25, 0.3) is 0 Å². The van der Waals surface area contributed by atoms with Crippen LogP contribution in [-0.4, -0.2) is 23.3 Å². The van der Waals surface area contributed by atoms with Gasteiger partial charge in [0, 0.05) is 6.54 Å². The second-order valence-electron chi connectivity index (χ2n) is 5.66. The standard InChI is InChI=1S/C15H17N3O3/c16-9-15(6-3-7-15)14-17-13(18-21-14)12-8-19-10-4-1-2-5-11(10)20-12/h1-2,4-5,12H,3,6-9,16H2. The molecule has 6 heteroatoms. The van der Waals surface area contributed by atoms with E-state index in [1.807, 2.05) is 24.3 Å². The van der Waals surface area contributed by atoms with Crippen LogP contribution in [0.5, 0.6) is 11.5 Å². The SMILES string of the molecule is NCC1(c2nc(C3COc4ccccc4O3)no2)CCC1. The highest BCUT2D eigenvalue weighted by Gasteiger charge is 2.43. The lowest BCUT2D eigenvalue weighted by atomic mass is 9.69. The van der Waals surface area contributed by atoms with Crippen LogP contribution in [0.2, 0.25) is 0 Å². The summed E-state index contributed by atoms with van der Waals surface area (Å²) in [5.41, 5.74) is 5.74. The van der Waals surface area contributed by atoms with Crippen molar-refractivity contribution in [3.05, 3.63) is 36.0 Å². The van der Waals surface area contributed by atoms with E-state index in [1.165, 1.54) is 0 Å². The van der Waals surface area contributed by atoms with Gasteiger partial charge in [-0.1, -0.05) is 23.7 Å². The Bertz CT molecular complexity index is 646. The van der Waals surface area contributed by atoms with Crippen molar-refractivity contribution >= 4 is 0 Å². The van der Waals surface area contributed by atoms with Gasteiger partial charge in [-0.05, 0) is 25.0 Å². The summed E-state index contributed by atoms with van der Waals surface area (Å²) < 4.78 is 17.0. The molecule has 4 rings (SSSR count). The number of aromatic nitrogens is 2. The minimum absolute atomic E-state index is 0.126. The zero-order valence-electron chi connectivity index (χ0n) is 11.6. The van der Waals surface area contributed by atoms with Crippen LogP contribution in [0.15, 0.2) is 28.8 Å². The smallest absolute Gasteiger partial charge is 0.234 e. The van der Waals surface area contributed by atoms with Gasteiger partial charge in [-0.15, -0.1) is 0 Å². The van der Waals surface area contributed by atoms with Crippen LogP contribution in [0.4, 0.5) is 0 Å². The van der Waals surface area contributed by atoms with Gasteiger partial charge >= 0.3 is 0 Å². The molecule has 1 aromatic heterocycles. The number of benzene rings is 1. The quantitative estimate of drug-likeness (QED) is 0.929. The largest absolute Gasteiger partial charge is 0.485 e. The Labute approximate surface area is 122 Å². The number of ether oxygens (including phenoxy) is 2. The summed E-state index contributed by atoms with van der Waals surface area (Å²) in [6.45, 7) is 0.922. The van der Waals surface area contributed by atoms with E-state index in [-0.39, 0.29) is 11.5 Å². The van der Waals surface area contributed by atoms with Gasteiger partial charge in [0.1, 0.15) is 6.61 Å². The van der Waals surface area contributed by atoms with Gasteiger partial charge in [-0.3, -0.25) is 0 Å². The zero-order valence-corrected chi connectivity index (χ0v) is 11.6. The third kappa shape index (κ3) is 1.98. The van der Waals surface area contributed by atoms with Gasteiger partial charge in [0.15, 0.2) is 17.6 Å². The highest BCUT2D eigenvalue weighted by Crippen LogP contribution is 2.42. The molecule has 1 saturated carbocycles. The summed E-state index contributed by atoms with van der Waals surface area (Å²) in [5, 5.41) is 4.06. The van der Waals surface area contributed by atoms with Crippen LogP contribution < -0.4 is 15.2 Å². The van der Waals surface area contributed by atoms with Gasteiger partial charge < -0.3 is 19.7 Å². The van der Waals surface area contributed by atoms with E-state index in [0.717, 1.165) is 25.0 Å².